The van der Waals surface area contributed by atoms with Gasteiger partial charge in [-0.1, -0.05) is 30.3 Å². The minimum atomic E-state index is -1.53. The first kappa shape index (κ1) is 23.1. The van der Waals surface area contributed by atoms with Crippen LogP contribution in [-0.2, 0) is 9.47 Å². The van der Waals surface area contributed by atoms with Crippen LogP contribution in [0.2, 0.25) is 0 Å². The molecule has 31 heavy (non-hydrogen) atoms. The molecule has 0 amide bonds. The number of carbonyl (C=O) groups excluding carboxylic acids is 1. The van der Waals surface area contributed by atoms with E-state index in [0.29, 0.717) is 11.3 Å². The summed E-state index contributed by atoms with van der Waals surface area (Å²) in [5.41, 5.74) is 0.595. The summed E-state index contributed by atoms with van der Waals surface area (Å²) in [6.07, 6.45) is -7.46. The van der Waals surface area contributed by atoms with Gasteiger partial charge >= 0.3 is 0 Å². The number of phenolic OH excluding ortho intramolecular Hbond substituents is 1. The largest absolute Gasteiger partial charge is 0.507 e. The third-order valence-corrected chi connectivity index (χ3v) is 4.95. The Kier molecular flexibility index (Phi) is 7.60. The van der Waals surface area contributed by atoms with Crippen LogP contribution in [0.25, 0.3) is 0 Å². The molecule has 0 bridgehead atoms. The van der Waals surface area contributed by atoms with E-state index >= 15 is 0 Å². The van der Waals surface area contributed by atoms with Gasteiger partial charge in [0.25, 0.3) is 0 Å². The lowest BCUT2D eigenvalue weighted by molar-refractivity contribution is -0.311. The molecule has 0 radical (unpaired) electrons. The van der Waals surface area contributed by atoms with Crippen LogP contribution in [0.4, 0.5) is 0 Å². The molecule has 1 fully saturated rings. The average Bonchev–Trinajstić information content (AvgIpc) is 2.78. The number of aliphatic hydroxyl groups is 4. The number of rotatable bonds is 8. The fraction of sp³-hybridized carbons (Fsp3) is 0.409. The first-order chi connectivity index (χ1) is 14.8. The van der Waals surface area contributed by atoms with Gasteiger partial charge in [0.2, 0.25) is 0 Å². The van der Waals surface area contributed by atoms with Gasteiger partial charge in [-0.3, -0.25) is 4.79 Å². The van der Waals surface area contributed by atoms with Crippen molar-refractivity contribution < 1.29 is 44.5 Å². The molecule has 1 heterocycles. The van der Waals surface area contributed by atoms with Crippen LogP contribution in [0.15, 0.2) is 48.5 Å². The van der Waals surface area contributed by atoms with E-state index in [4.69, 9.17) is 14.2 Å². The highest BCUT2D eigenvalue weighted by Gasteiger charge is 2.44. The zero-order valence-electron chi connectivity index (χ0n) is 16.9. The summed E-state index contributed by atoms with van der Waals surface area (Å²) in [6.45, 7) is 1.08. The molecule has 9 heteroatoms. The van der Waals surface area contributed by atoms with Gasteiger partial charge in [-0.25, -0.2) is 0 Å². The third-order valence-electron chi connectivity index (χ3n) is 4.95. The summed E-state index contributed by atoms with van der Waals surface area (Å²) in [4.78, 5) is 12.5. The van der Waals surface area contributed by atoms with Crippen molar-refractivity contribution in [3.63, 3.8) is 0 Å². The van der Waals surface area contributed by atoms with E-state index in [1.54, 1.807) is 37.3 Å². The lowest BCUT2D eigenvalue weighted by atomic mass is 9.99. The van der Waals surface area contributed by atoms with E-state index in [1.807, 2.05) is 0 Å². The Balaban J connectivity index is 1.57. The van der Waals surface area contributed by atoms with Crippen molar-refractivity contribution in [1.29, 1.82) is 0 Å². The summed E-state index contributed by atoms with van der Waals surface area (Å²) in [6, 6.07) is 12.9. The molecule has 5 N–H and O–H groups in total. The molecule has 6 atom stereocenters. The zero-order chi connectivity index (χ0) is 22.5. The van der Waals surface area contributed by atoms with Crippen LogP contribution in [0, 0.1) is 0 Å². The number of ketones is 1. The summed E-state index contributed by atoms with van der Waals surface area (Å²) in [5.74, 6) is -0.246. The molecule has 1 saturated heterocycles. The highest BCUT2D eigenvalue weighted by Crippen LogP contribution is 2.27. The highest BCUT2D eigenvalue weighted by atomic mass is 16.7. The van der Waals surface area contributed by atoms with Crippen LogP contribution in [-0.4, -0.2) is 81.3 Å². The van der Waals surface area contributed by atoms with Crippen molar-refractivity contribution in [1.82, 2.24) is 0 Å². The van der Waals surface area contributed by atoms with Gasteiger partial charge in [0.05, 0.1) is 18.3 Å². The van der Waals surface area contributed by atoms with Crippen molar-refractivity contribution in [2.45, 2.75) is 43.7 Å². The highest BCUT2D eigenvalue weighted by molar-refractivity contribution is 6.10. The molecule has 9 nitrogen and oxygen atoms in total. The number of phenols is 1. The van der Waals surface area contributed by atoms with Gasteiger partial charge in [0, 0.05) is 11.6 Å². The number of hydrogen-bond acceptors (Lipinski definition) is 9. The molecule has 2 unspecified atom stereocenters. The van der Waals surface area contributed by atoms with Crippen LogP contribution >= 0.6 is 0 Å². The van der Waals surface area contributed by atoms with Crippen molar-refractivity contribution >= 4 is 5.78 Å². The maximum atomic E-state index is 12.5. The van der Waals surface area contributed by atoms with E-state index in [9.17, 15) is 30.3 Å². The van der Waals surface area contributed by atoms with Gasteiger partial charge < -0.3 is 39.7 Å². The number of hydrogen-bond donors (Lipinski definition) is 5. The van der Waals surface area contributed by atoms with Gasteiger partial charge in [-0.15, -0.1) is 0 Å². The Morgan fingerprint density at radius 2 is 1.77 bits per heavy atom. The maximum Gasteiger partial charge on any atom is 0.196 e. The summed E-state index contributed by atoms with van der Waals surface area (Å²) in [7, 11) is 0. The van der Waals surface area contributed by atoms with Crippen molar-refractivity contribution in [2.75, 3.05) is 13.2 Å². The van der Waals surface area contributed by atoms with E-state index in [0.717, 1.165) is 0 Å². The van der Waals surface area contributed by atoms with Crippen LogP contribution in [0.1, 0.15) is 22.8 Å². The minimum absolute atomic E-state index is 0.000435. The smallest absolute Gasteiger partial charge is 0.196 e. The second-order valence-electron chi connectivity index (χ2n) is 7.33. The number of benzene rings is 2. The molecular weight excluding hydrogens is 408 g/mol. The Labute approximate surface area is 179 Å². The summed E-state index contributed by atoms with van der Waals surface area (Å²) >= 11 is 0. The number of ether oxygens (including phenoxy) is 3. The van der Waals surface area contributed by atoms with Crippen molar-refractivity contribution in [3.8, 4) is 11.5 Å². The van der Waals surface area contributed by atoms with E-state index in [-0.39, 0.29) is 23.7 Å². The Morgan fingerprint density at radius 1 is 1.06 bits per heavy atom. The molecule has 168 valence electrons. The molecule has 0 aliphatic carbocycles. The fourth-order valence-corrected chi connectivity index (χ4v) is 3.20. The first-order valence-electron chi connectivity index (χ1n) is 9.83. The van der Waals surface area contributed by atoms with E-state index < -0.39 is 43.4 Å². The lowest BCUT2D eigenvalue weighted by Crippen LogP contribution is -2.59. The topological polar surface area (TPSA) is 146 Å². The lowest BCUT2D eigenvalue weighted by Gasteiger charge is -2.40. The van der Waals surface area contributed by atoms with Crippen molar-refractivity contribution in [2.24, 2.45) is 0 Å². The van der Waals surface area contributed by atoms with Crippen LogP contribution < -0.4 is 4.74 Å². The van der Waals surface area contributed by atoms with Crippen LogP contribution in [0.3, 0.4) is 0 Å². The number of carbonyl (C=O) groups is 1. The monoisotopic (exact) mass is 434 g/mol. The predicted molar refractivity (Wildman–Crippen MR) is 108 cm³/mol. The van der Waals surface area contributed by atoms with E-state index in [1.165, 1.54) is 18.2 Å². The third kappa shape index (κ3) is 5.40. The normalized spacial score (nSPS) is 26.9. The average molecular weight is 434 g/mol. The Bertz CT molecular complexity index is 871. The molecule has 1 aliphatic rings. The minimum Gasteiger partial charge on any atom is -0.507 e. The fourth-order valence-electron chi connectivity index (χ4n) is 3.20. The summed E-state index contributed by atoms with van der Waals surface area (Å²) < 4.78 is 16.4. The van der Waals surface area contributed by atoms with Gasteiger partial charge in [-0.2, -0.15) is 0 Å². The Morgan fingerprint density at radius 3 is 2.42 bits per heavy atom. The number of aromatic hydroxyl groups is 1. The Hall–Kier alpha value is -2.53. The maximum absolute atomic E-state index is 12.5. The second kappa shape index (κ2) is 10.2. The van der Waals surface area contributed by atoms with Gasteiger partial charge in [-0.05, 0) is 19.1 Å². The quantitative estimate of drug-likeness (QED) is 0.368. The summed E-state index contributed by atoms with van der Waals surface area (Å²) in [5, 5.41) is 49.1. The molecule has 0 spiro atoms. The molecule has 0 saturated carbocycles. The predicted octanol–water partition coefficient (Wildman–Crippen LogP) is 0.207. The second-order valence-corrected chi connectivity index (χ2v) is 7.33. The van der Waals surface area contributed by atoms with E-state index in [2.05, 4.69) is 0 Å². The molecule has 3 rings (SSSR count). The zero-order valence-corrected chi connectivity index (χ0v) is 16.9. The number of aliphatic hydroxyl groups excluding tert-OH is 4. The van der Waals surface area contributed by atoms with Gasteiger partial charge in [0.1, 0.15) is 42.5 Å². The first-order valence-corrected chi connectivity index (χ1v) is 9.83. The standard InChI is InChI=1S/C22H26O9/c1-12(30-22-21(28)20(27)19(26)17(10-23)31-22)11-29-14-7-8-15(16(24)9-14)18(25)13-5-3-2-4-6-13/h2-9,12,17,19-24,26-28H,10-11H2,1H3/t12?,17-,19-,20+,21-,22?/m0/s1. The molecule has 0 aromatic heterocycles. The SMILES string of the molecule is CC(COc1ccc(C(=O)c2ccccc2)c(O)c1)OC1O[C@@H](CO)[C@H](O)[C@@H](O)[C@@H]1O. The molecule has 2 aromatic rings. The molecule has 2 aromatic carbocycles. The molecule has 1 aliphatic heterocycles. The van der Waals surface area contributed by atoms with Crippen molar-refractivity contribution in [3.05, 3.63) is 59.7 Å². The molecular formula is C22H26O9. The van der Waals surface area contributed by atoms with Gasteiger partial charge in [0.15, 0.2) is 12.1 Å². The van der Waals surface area contributed by atoms with Crippen LogP contribution in [0.5, 0.6) is 11.5 Å².